The Bertz CT molecular complexity index is 786. The number of primary sulfonamides is 1. The van der Waals surface area contributed by atoms with E-state index >= 15 is 0 Å². The number of carbonyl (C=O) groups excluding carboxylic acids is 1. The lowest BCUT2D eigenvalue weighted by atomic mass is 10.2. The molecule has 0 aliphatic carbocycles. The number of aryl methyl sites for hydroxylation is 1. The van der Waals surface area contributed by atoms with Gasteiger partial charge in [-0.25, -0.2) is 13.6 Å². The molecule has 2 aromatic rings. The highest BCUT2D eigenvalue weighted by molar-refractivity contribution is 7.98. The first-order chi connectivity index (χ1) is 11.4. The number of thioether (sulfide) groups is 1. The number of nitrogens with two attached hydrogens (primary N) is 1. The van der Waals surface area contributed by atoms with Crippen LogP contribution in [-0.2, 0) is 15.8 Å². The van der Waals surface area contributed by atoms with Crippen LogP contribution >= 0.6 is 11.8 Å². The van der Waals surface area contributed by atoms with Crippen molar-refractivity contribution in [2.45, 2.75) is 17.6 Å². The van der Waals surface area contributed by atoms with Gasteiger partial charge in [-0.2, -0.15) is 11.8 Å². The number of nitrogens with one attached hydrogen (secondary N) is 1. The Morgan fingerprint density at radius 1 is 1.08 bits per heavy atom. The van der Waals surface area contributed by atoms with Crippen LogP contribution in [0.2, 0.25) is 0 Å². The molecule has 7 heteroatoms. The molecule has 0 aliphatic heterocycles. The smallest absolute Gasteiger partial charge is 0.251 e. The molecule has 0 aliphatic rings. The molecule has 0 fully saturated rings. The molecule has 0 aromatic heterocycles. The third-order valence-corrected chi connectivity index (χ3v) is 5.33. The highest BCUT2D eigenvalue weighted by Gasteiger charge is 2.09. The van der Waals surface area contributed by atoms with Gasteiger partial charge in [0.2, 0.25) is 10.0 Å². The summed E-state index contributed by atoms with van der Waals surface area (Å²) in [6, 6.07) is 13.9. The van der Waals surface area contributed by atoms with Crippen LogP contribution in [-0.4, -0.2) is 26.6 Å². The topological polar surface area (TPSA) is 89.3 Å². The molecule has 2 rings (SSSR count). The Kier molecular flexibility index (Phi) is 6.42. The first kappa shape index (κ1) is 18.5. The second-order valence-corrected chi connectivity index (χ2v) is 8.03. The Hall–Kier alpha value is -1.83. The quantitative estimate of drug-likeness (QED) is 0.738. The summed E-state index contributed by atoms with van der Waals surface area (Å²) >= 11 is 1.74. The van der Waals surface area contributed by atoms with Gasteiger partial charge in [0, 0.05) is 23.6 Å². The molecular formula is C17H20N2O3S2. The molecule has 0 saturated carbocycles. The minimum absolute atomic E-state index is 0.00676. The van der Waals surface area contributed by atoms with Gasteiger partial charge in [0.1, 0.15) is 0 Å². The fourth-order valence-electron chi connectivity index (χ4n) is 2.01. The first-order valence-electron chi connectivity index (χ1n) is 7.40. The van der Waals surface area contributed by atoms with Crippen LogP contribution < -0.4 is 10.5 Å². The lowest BCUT2D eigenvalue weighted by Gasteiger charge is -2.06. The third-order valence-electron chi connectivity index (χ3n) is 3.37. The summed E-state index contributed by atoms with van der Waals surface area (Å²) in [4.78, 5) is 12.0. The standard InChI is InChI=1S/C17H20N2O3S2/c1-13-2-4-14(5-3-13)12-23-11-10-19-17(20)15-6-8-16(9-7-15)24(18,21)22/h2-9H,10-12H2,1H3,(H,19,20)(H2,18,21,22). The van der Waals surface area contributed by atoms with Crippen LogP contribution in [0.3, 0.4) is 0 Å². The maximum atomic E-state index is 12.0. The number of rotatable bonds is 7. The van der Waals surface area contributed by atoms with Crippen molar-refractivity contribution >= 4 is 27.7 Å². The monoisotopic (exact) mass is 364 g/mol. The zero-order valence-electron chi connectivity index (χ0n) is 13.4. The Morgan fingerprint density at radius 3 is 2.29 bits per heavy atom. The summed E-state index contributed by atoms with van der Waals surface area (Å²) in [5.74, 6) is 1.47. The zero-order valence-corrected chi connectivity index (χ0v) is 15.0. The van der Waals surface area contributed by atoms with Crippen molar-refractivity contribution in [2.75, 3.05) is 12.3 Å². The fraction of sp³-hybridized carbons (Fsp3) is 0.235. The van der Waals surface area contributed by atoms with Gasteiger partial charge in [0.15, 0.2) is 0 Å². The van der Waals surface area contributed by atoms with Gasteiger partial charge >= 0.3 is 0 Å². The van der Waals surface area contributed by atoms with E-state index < -0.39 is 10.0 Å². The summed E-state index contributed by atoms with van der Waals surface area (Å²) in [6.07, 6.45) is 0. The number of carbonyl (C=O) groups is 1. The zero-order chi connectivity index (χ0) is 17.6. The highest BCUT2D eigenvalue weighted by Crippen LogP contribution is 2.12. The minimum Gasteiger partial charge on any atom is -0.351 e. The minimum atomic E-state index is -3.73. The van der Waals surface area contributed by atoms with Gasteiger partial charge in [-0.3, -0.25) is 4.79 Å². The maximum absolute atomic E-state index is 12.0. The van der Waals surface area contributed by atoms with Crippen molar-refractivity contribution in [1.82, 2.24) is 5.32 Å². The second-order valence-electron chi connectivity index (χ2n) is 5.36. The molecule has 0 unspecified atom stereocenters. The van der Waals surface area contributed by atoms with Crippen LogP contribution in [0.1, 0.15) is 21.5 Å². The Morgan fingerprint density at radius 2 is 1.71 bits per heavy atom. The Labute approximate surface area is 146 Å². The number of amides is 1. The van der Waals surface area contributed by atoms with Crippen LogP contribution in [0.25, 0.3) is 0 Å². The second kappa shape index (κ2) is 8.32. The molecule has 0 radical (unpaired) electrons. The summed E-state index contributed by atoms with van der Waals surface area (Å²) in [5, 5.41) is 7.83. The molecule has 24 heavy (non-hydrogen) atoms. The summed E-state index contributed by atoms with van der Waals surface area (Å²) in [6.45, 7) is 2.61. The van der Waals surface area contributed by atoms with Crippen molar-refractivity contribution in [3.05, 3.63) is 65.2 Å². The molecule has 5 nitrogen and oxygen atoms in total. The third kappa shape index (κ3) is 5.67. The lowest BCUT2D eigenvalue weighted by Crippen LogP contribution is -2.25. The van der Waals surface area contributed by atoms with E-state index in [1.54, 1.807) is 11.8 Å². The van der Waals surface area contributed by atoms with Crippen LogP contribution in [0.5, 0.6) is 0 Å². The van der Waals surface area contributed by atoms with E-state index in [0.29, 0.717) is 12.1 Å². The van der Waals surface area contributed by atoms with E-state index in [1.807, 2.05) is 0 Å². The molecule has 0 bridgehead atoms. The molecular weight excluding hydrogens is 344 g/mol. The maximum Gasteiger partial charge on any atom is 0.251 e. The van der Waals surface area contributed by atoms with Crippen molar-refractivity contribution in [3.8, 4) is 0 Å². The van der Waals surface area contributed by atoms with E-state index in [9.17, 15) is 13.2 Å². The molecule has 1 amide bonds. The van der Waals surface area contributed by atoms with Gasteiger partial charge in [-0.15, -0.1) is 0 Å². The molecule has 3 N–H and O–H groups in total. The lowest BCUT2D eigenvalue weighted by molar-refractivity contribution is 0.0956. The van der Waals surface area contributed by atoms with Crippen molar-refractivity contribution < 1.29 is 13.2 Å². The van der Waals surface area contributed by atoms with E-state index in [1.165, 1.54) is 35.4 Å². The summed E-state index contributed by atoms with van der Waals surface area (Å²) in [5.41, 5.74) is 2.91. The summed E-state index contributed by atoms with van der Waals surface area (Å²) in [7, 11) is -3.73. The largest absolute Gasteiger partial charge is 0.351 e. The van der Waals surface area contributed by atoms with Crippen LogP contribution in [0.15, 0.2) is 53.4 Å². The van der Waals surface area contributed by atoms with Gasteiger partial charge < -0.3 is 5.32 Å². The summed E-state index contributed by atoms with van der Waals surface area (Å²) < 4.78 is 22.3. The molecule has 0 spiro atoms. The SMILES string of the molecule is Cc1ccc(CSCCNC(=O)c2ccc(S(N)(=O)=O)cc2)cc1. The number of hydrogen-bond donors (Lipinski definition) is 2. The molecule has 128 valence electrons. The van der Waals surface area contributed by atoms with E-state index in [0.717, 1.165) is 11.5 Å². The van der Waals surface area contributed by atoms with Crippen molar-refractivity contribution in [2.24, 2.45) is 5.14 Å². The fourth-order valence-corrected chi connectivity index (χ4v) is 3.34. The van der Waals surface area contributed by atoms with Crippen LogP contribution in [0, 0.1) is 6.92 Å². The predicted octanol–water partition coefficient (Wildman–Crippen LogP) is 2.31. The number of hydrogen-bond acceptors (Lipinski definition) is 4. The average Bonchev–Trinajstić information content (AvgIpc) is 2.55. The molecule has 0 atom stereocenters. The van der Waals surface area contributed by atoms with Gasteiger partial charge in [0.05, 0.1) is 4.90 Å². The van der Waals surface area contributed by atoms with Crippen molar-refractivity contribution in [1.29, 1.82) is 0 Å². The normalized spacial score (nSPS) is 11.2. The average molecular weight is 364 g/mol. The molecule has 0 heterocycles. The predicted molar refractivity (Wildman–Crippen MR) is 97.5 cm³/mol. The van der Waals surface area contributed by atoms with Crippen LogP contribution in [0.4, 0.5) is 0 Å². The number of sulfonamides is 1. The van der Waals surface area contributed by atoms with Gasteiger partial charge in [-0.1, -0.05) is 29.8 Å². The Balaban J connectivity index is 1.74. The number of benzene rings is 2. The van der Waals surface area contributed by atoms with E-state index in [-0.39, 0.29) is 10.8 Å². The van der Waals surface area contributed by atoms with E-state index in [2.05, 4.69) is 36.5 Å². The highest BCUT2D eigenvalue weighted by atomic mass is 32.2. The molecule has 2 aromatic carbocycles. The van der Waals surface area contributed by atoms with Gasteiger partial charge in [0.25, 0.3) is 5.91 Å². The molecule has 0 saturated heterocycles. The van der Waals surface area contributed by atoms with Crippen molar-refractivity contribution in [3.63, 3.8) is 0 Å². The first-order valence-corrected chi connectivity index (χ1v) is 10.1. The van der Waals surface area contributed by atoms with Gasteiger partial charge in [-0.05, 0) is 36.8 Å². The van der Waals surface area contributed by atoms with E-state index in [4.69, 9.17) is 5.14 Å².